The van der Waals surface area contributed by atoms with E-state index in [9.17, 15) is 0 Å². The number of ether oxygens (including phenoxy) is 1. The molecule has 82 valence electrons. The molecule has 0 aliphatic heterocycles. The van der Waals surface area contributed by atoms with Crippen molar-refractivity contribution in [1.82, 2.24) is 20.2 Å². The Kier molecular flexibility index (Phi) is 3.98. The first kappa shape index (κ1) is 11.9. The third-order valence-electron chi connectivity index (χ3n) is 1.62. The molecule has 0 saturated carbocycles. The van der Waals surface area contributed by atoms with Crippen LogP contribution in [0.3, 0.4) is 0 Å². The molecule has 0 bridgehead atoms. The number of hydrogen-bond donors (Lipinski definition) is 3. The monoisotopic (exact) mass is 244 g/mol. The van der Waals surface area contributed by atoms with E-state index in [1.165, 1.54) is 7.11 Å². The van der Waals surface area contributed by atoms with E-state index in [2.05, 4.69) is 20.2 Å². The van der Waals surface area contributed by atoms with E-state index in [4.69, 9.17) is 29.2 Å². The summed E-state index contributed by atoms with van der Waals surface area (Å²) in [7, 11) is 1.53. The summed E-state index contributed by atoms with van der Waals surface area (Å²) in [6.45, 7) is 4.00. The smallest absolute Gasteiger partial charge is 0.244 e. The molecule has 0 amide bonds. The topological polar surface area (TPSA) is 69.5 Å². The maximum absolute atomic E-state index is 5.07. The van der Waals surface area contributed by atoms with Crippen molar-refractivity contribution < 1.29 is 4.74 Å². The Morgan fingerprint density at radius 3 is 2.47 bits per heavy atom. The fourth-order valence-corrected chi connectivity index (χ4v) is 1.64. The van der Waals surface area contributed by atoms with Crippen LogP contribution in [0.2, 0.25) is 0 Å². The number of rotatable bonds is 1. The van der Waals surface area contributed by atoms with E-state index < -0.39 is 0 Å². The van der Waals surface area contributed by atoms with Crippen molar-refractivity contribution in [2.45, 2.75) is 13.8 Å². The lowest BCUT2D eigenvalue weighted by Gasteiger charge is -1.93. The van der Waals surface area contributed by atoms with Crippen molar-refractivity contribution in [3.63, 3.8) is 0 Å². The zero-order valence-corrected chi connectivity index (χ0v) is 10.3. The van der Waals surface area contributed by atoms with Crippen molar-refractivity contribution in [3.05, 3.63) is 9.41 Å². The van der Waals surface area contributed by atoms with Crippen molar-refractivity contribution in [2.24, 2.45) is 0 Å². The summed E-state index contributed by atoms with van der Waals surface area (Å²) in [5.41, 5.74) is 0.672. The van der Waals surface area contributed by atoms with Gasteiger partial charge in [0.05, 0.1) is 7.11 Å². The van der Waals surface area contributed by atoms with E-state index in [0.29, 0.717) is 26.3 Å². The van der Waals surface area contributed by atoms with Gasteiger partial charge in [-0.05, 0) is 12.2 Å². The summed E-state index contributed by atoms with van der Waals surface area (Å²) in [6.07, 6.45) is 0. The number of fused-ring (bicyclic) bond motifs is 1. The molecule has 2 rings (SSSR count). The van der Waals surface area contributed by atoms with Gasteiger partial charge in [-0.1, -0.05) is 26.1 Å². The molecular weight excluding hydrogens is 232 g/mol. The lowest BCUT2D eigenvalue weighted by molar-refractivity contribution is 0.401. The van der Waals surface area contributed by atoms with E-state index in [-0.39, 0.29) is 0 Å². The molecule has 0 aromatic carbocycles. The van der Waals surface area contributed by atoms with Crippen molar-refractivity contribution in [3.8, 4) is 5.88 Å². The fourth-order valence-electron chi connectivity index (χ4n) is 1.08. The molecule has 0 spiro atoms. The summed E-state index contributed by atoms with van der Waals surface area (Å²) < 4.78 is 5.98. The van der Waals surface area contributed by atoms with Crippen LogP contribution in [0.1, 0.15) is 13.8 Å². The molecule has 0 atom stereocenters. The minimum atomic E-state index is 0.461. The van der Waals surface area contributed by atoms with Crippen LogP contribution in [-0.4, -0.2) is 27.3 Å². The highest BCUT2D eigenvalue weighted by molar-refractivity contribution is 7.72. The van der Waals surface area contributed by atoms with Crippen LogP contribution in [0, 0.1) is 9.41 Å². The van der Waals surface area contributed by atoms with E-state index in [1.807, 2.05) is 13.8 Å². The maximum Gasteiger partial charge on any atom is 0.244 e. The van der Waals surface area contributed by atoms with Crippen LogP contribution in [0.15, 0.2) is 0 Å². The third-order valence-corrected chi connectivity index (χ3v) is 2.13. The molecule has 15 heavy (non-hydrogen) atoms. The van der Waals surface area contributed by atoms with Crippen LogP contribution >= 0.6 is 24.4 Å². The molecular formula is C8H12N4OS2. The Balaban J connectivity index is 0.000000531. The maximum atomic E-state index is 5.07. The number of aromatic nitrogens is 4. The van der Waals surface area contributed by atoms with Gasteiger partial charge in [0.15, 0.2) is 4.77 Å². The van der Waals surface area contributed by atoms with Crippen molar-refractivity contribution in [2.75, 3.05) is 7.11 Å². The highest BCUT2D eigenvalue weighted by Crippen LogP contribution is 2.20. The molecule has 0 radical (unpaired) electrons. The highest BCUT2D eigenvalue weighted by atomic mass is 32.1. The Labute approximate surface area is 96.9 Å². The quantitative estimate of drug-likeness (QED) is 0.675. The lowest BCUT2D eigenvalue weighted by atomic mass is 10.4. The zero-order valence-electron chi connectivity index (χ0n) is 8.67. The molecule has 0 aliphatic carbocycles. The van der Waals surface area contributed by atoms with Crippen LogP contribution in [0.25, 0.3) is 11.0 Å². The molecule has 0 unspecified atom stereocenters. The van der Waals surface area contributed by atoms with Gasteiger partial charge >= 0.3 is 0 Å². The van der Waals surface area contributed by atoms with E-state index in [1.54, 1.807) is 0 Å². The summed E-state index contributed by atoms with van der Waals surface area (Å²) in [5.74, 6) is 0.461. The van der Waals surface area contributed by atoms with Gasteiger partial charge in [-0.2, -0.15) is 0 Å². The predicted octanol–water partition coefficient (Wildman–Crippen LogP) is 2.71. The van der Waals surface area contributed by atoms with Gasteiger partial charge < -0.3 is 14.7 Å². The van der Waals surface area contributed by atoms with Gasteiger partial charge in [0.1, 0.15) is 15.7 Å². The van der Waals surface area contributed by atoms with E-state index in [0.717, 1.165) is 0 Å². The predicted molar refractivity (Wildman–Crippen MR) is 64.4 cm³/mol. The number of nitrogens with zero attached hydrogens (tertiary/aromatic N) is 1. The third kappa shape index (κ3) is 2.24. The normalized spacial score (nSPS) is 9.53. The molecule has 2 heterocycles. The summed E-state index contributed by atoms with van der Waals surface area (Å²) >= 11 is 9.97. The van der Waals surface area contributed by atoms with Crippen LogP contribution in [-0.2, 0) is 0 Å². The Bertz CT molecular complexity index is 554. The van der Waals surface area contributed by atoms with Crippen LogP contribution in [0.5, 0.6) is 5.88 Å². The molecule has 3 N–H and O–H groups in total. The summed E-state index contributed by atoms with van der Waals surface area (Å²) in [5, 5.41) is 7.36. The standard InChI is InChI=1S/C6H6N4OS2.C2H6/c1-11-4-2-3(9-10-4)7-6(13)8-5(2)12;1-2/h1H3,(H3,7,8,9,10,12,13);1-2H3. The molecule has 0 aliphatic rings. The molecule has 2 aromatic heterocycles. The Morgan fingerprint density at radius 1 is 1.20 bits per heavy atom. The van der Waals surface area contributed by atoms with Gasteiger partial charge in [-0.3, -0.25) is 5.10 Å². The largest absolute Gasteiger partial charge is 0.479 e. The van der Waals surface area contributed by atoms with Gasteiger partial charge in [0.2, 0.25) is 5.88 Å². The first-order valence-corrected chi connectivity index (χ1v) is 5.28. The van der Waals surface area contributed by atoms with Crippen LogP contribution in [0.4, 0.5) is 0 Å². The second kappa shape index (κ2) is 5.04. The lowest BCUT2D eigenvalue weighted by Crippen LogP contribution is -1.86. The Hall–Kier alpha value is -1.21. The van der Waals surface area contributed by atoms with Crippen LogP contribution < -0.4 is 4.74 Å². The zero-order chi connectivity index (χ0) is 11.4. The summed E-state index contributed by atoms with van der Waals surface area (Å²) in [6, 6.07) is 0. The molecule has 5 nitrogen and oxygen atoms in total. The van der Waals surface area contributed by atoms with Gasteiger partial charge in [-0.25, -0.2) is 0 Å². The average Bonchev–Trinajstić information content (AvgIpc) is 2.63. The minimum absolute atomic E-state index is 0.461. The SMILES string of the molecule is CC.COc1n[nH]c2[nH]c(=S)[nH]c(=S)c12. The summed E-state index contributed by atoms with van der Waals surface area (Å²) in [4.78, 5) is 5.69. The average molecular weight is 244 g/mol. The van der Waals surface area contributed by atoms with Crippen molar-refractivity contribution >= 4 is 35.5 Å². The number of hydrogen-bond acceptors (Lipinski definition) is 4. The number of aromatic amines is 3. The van der Waals surface area contributed by atoms with Crippen molar-refractivity contribution in [1.29, 1.82) is 0 Å². The van der Waals surface area contributed by atoms with Gasteiger partial charge in [0.25, 0.3) is 0 Å². The molecule has 0 saturated heterocycles. The second-order valence-electron chi connectivity index (χ2n) is 2.39. The first-order chi connectivity index (χ1) is 7.22. The number of nitrogens with one attached hydrogen (secondary N) is 3. The van der Waals surface area contributed by atoms with E-state index >= 15 is 0 Å². The fraction of sp³-hybridized carbons (Fsp3) is 0.375. The first-order valence-electron chi connectivity index (χ1n) is 4.47. The minimum Gasteiger partial charge on any atom is -0.479 e. The second-order valence-corrected chi connectivity index (χ2v) is 3.21. The highest BCUT2D eigenvalue weighted by Gasteiger charge is 2.07. The number of methoxy groups -OCH3 is 1. The molecule has 7 heteroatoms. The Morgan fingerprint density at radius 2 is 1.87 bits per heavy atom. The van der Waals surface area contributed by atoms with Gasteiger partial charge in [0, 0.05) is 0 Å². The van der Waals surface area contributed by atoms with Gasteiger partial charge in [-0.15, -0.1) is 5.10 Å². The molecule has 0 fully saturated rings. The molecule has 2 aromatic rings. The number of H-pyrrole nitrogens is 3.